The van der Waals surface area contributed by atoms with E-state index in [0.717, 1.165) is 17.7 Å². The minimum atomic E-state index is -0.129. The quantitative estimate of drug-likeness (QED) is 0.805. The first-order valence-corrected chi connectivity index (χ1v) is 8.69. The molecule has 0 aliphatic rings. The maximum absolute atomic E-state index is 12.1. The lowest BCUT2D eigenvalue weighted by atomic mass is 9.96. The highest BCUT2D eigenvalue weighted by atomic mass is 32.1. The summed E-state index contributed by atoms with van der Waals surface area (Å²) >= 11 is 1.71. The van der Waals surface area contributed by atoms with Crippen LogP contribution in [0.2, 0.25) is 0 Å². The van der Waals surface area contributed by atoms with Gasteiger partial charge >= 0.3 is 6.03 Å². The topological polar surface area (TPSA) is 50.4 Å². The minimum Gasteiger partial charge on any atom is -0.497 e. The van der Waals surface area contributed by atoms with Gasteiger partial charge in [0.25, 0.3) is 0 Å². The predicted octanol–water partition coefficient (Wildman–Crippen LogP) is 4.00. The van der Waals surface area contributed by atoms with E-state index in [1.807, 2.05) is 35.7 Å². The van der Waals surface area contributed by atoms with Gasteiger partial charge in [0.2, 0.25) is 0 Å². The van der Waals surface area contributed by atoms with Crippen molar-refractivity contribution in [2.45, 2.75) is 26.3 Å². The Morgan fingerprint density at radius 3 is 2.52 bits per heavy atom. The molecule has 5 heteroatoms. The summed E-state index contributed by atoms with van der Waals surface area (Å²) in [7, 11) is 1.65. The summed E-state index contributed by atoms with van der Waals surface area (Å²) in [4.78, 5) is 13.4. The number of urea groups is 1. The standard InChI is InChI=1S/C18H24N2O2S/c1-13(2)17(14-6-8-15(22-3)9-7-14)20-18(21)19-11-10-16-5-4-12-23-16/h4-9,12-13,17H,10-11H2,1-3H3,(H2,19,20,21). The molecule has 2 rings (SSSR count). The zero-order chi connectivity index (χ0) is 16.7. The molecular weight excluding hydrogens is 308 g/mol. The summed E-state index contributed by atoms with van der Waals surface area (Å²) in [5, 5.41) is 8.04. The van der Waals surface area contributed by atoms with Crippen LogP contribution < -0.4 is 15.4 Å². The third-order valence-corrected chi connectivity index (χ3v) is 4.60. The Morgan fingerprint density at radius 1 is 1.22 bits per heavy atom. The van der Waals surface area contributed by atoms with Crippen LogP contribution in [0.5, 0.6) is 5.75 Å². The second kappa shape index (κ2) is 8.58. The van der Waals surface area contributed by atoms with E-state index < -0.39 is 0 Å². The molecule has 0 radical (unpaired) electrons. The number of nitrogens with one attached hydrogen (secondary N) is 2. The molecule has 1 unspecified atom stereocenters. The zero-order valence-corrected chi connectivity index (χ0v) is 14.7. The molecule has 2 N–H and O–H groups in total. The number of amides is 2. The Balaban J connectivity index is 1.88. The first kappa shape index (κ1) is 17.3. The second-order valence-electron chi connectivity index (χ2n) is 5.72. The van der Waals surface area contributed by atoms with Crippen molar-refractivity contribution in [2.75, 3.05) is 13.7 Å². The van der Waals surface area contributed by atoms with Crippen molar-refractivity contribution in [1.82, 2.24) is 10.6 Å². The molecule has 2 amide bonds. The Hall–Kier alpha value is -2.01. The van der Waals surface area contributed by atoms with Gasteiger partial charge in [0.05, 0.1) is 13.2 Å². The predicted molar refractivity (Wildman–Crippen MR) is 95.1 cm³/mol. The van der Waals surface area contributed by atoms with E-state index in [2.05, 4.69) is 30.5 Å². The number of methoxy groups -OCH3 is 1. The van der Waals surface area contributed by atoms with Gasteiger partial charge in [-0.15, -0.1) is 11.3 Å². The van der Waals surface area contributed by atoms with E-state index in [9.17, 15) is 4.79 Å². The fourth-order valence-electron chi connectivity index (χ4n) is 2.39. The number of benzene rings is 1. The van der Waals surface area contributed by atoms with Gasteiger partial charge < -0.3 is 15.4 Å². The van der Waals surface area contributed by atoms with Crippen molar-refractivity contribution in [2.24, 2.45) is 5.92 Å². The molecular formula is C18H24N2O2S. The molecule has 1 aromatic heterocycles. The lowest BCUT2D eigenvalue weighted by Crippen LogP contribution is -2.40. The summed E-state index contributed by atoms with van der Waals surface area (Å²) in [6.07, 6.45) is 0.861. The highest BCUT2D eigenvalue weighted by Crippen LogP contribution is 2.23. The van der Waals surface area contributed by atoms with Crippen LogP contribution in [0.3, 0.4) is 0 Å². The number of carbonyl (C=O) groups is 1. The average molecular weight is 332 g/mol. The van der Waals surface area contributed by atoms with Crippen LogP contribution in [0.1, 0.15) is 30.3 Å². The SMILES string of the molecule is COc1ccc(C(NC(=O)NCCc2cccs2)C(C)C)cc1. The molecule has 0 spiro atoms. The number of hydrogen-bond donors (Lipinski definition) is 2. The minimum absolute atomic E-state index is 0.0253. The summed E-state index contributed by atoms with van der Waals surface area (Å²) < 4.78 is 5.18. The van der Waals surface area contributed by atoms with Crippen LogP contribution in [0.15, 0.2) is 41.8 Å². The van der Waals surface area contributed by atoms with E-state index in [1.54, 1.807) is 18.4 Å². The largest absolute Gasteiger partial charge is 0.497 e. The smallest absolute Gasteiger partial charge is 0.315 e. The number of thiophene rings is 1. The summed E-state index contributed by atoms with van der Waals surface area (Å²) in [6.45, 7) is 4.83. The van der Waals surface area contributed by atoms with Gasteiger partial charge in [-0.2, -0.15) is 0 Å². The fraction of sp³-hybridized carbons (Fsp3) is 0.389. The van der Waals surface area contributed by atoms with Crippen molar-refractivity contribution in [1.29, 1.82) is 0 Å². The molecule has 124 valence electrons. The van der Waals surface area contributed by atoms with Gasteiger partial charge in [0, 0.05) is 11.4 Å². The fourth-order valence-corrected chi connectivity index (χ4v) is 3.10. The van der Waals surface area contributed by atoms with Crippen LogP contribution in [0.25, 0.3) is 0 Å². The maximum Gasteiger partial charge on any atom is 0.315 e. The van der Waals surface area contributed by atoms with Gasteiger partial charge in [-0.3, -0.25) is 0 Å². The highest BCUT2D eigenvalue weighted by molar-refractivity contribution is 7.09. The van der Waals surface area contributed by atoms with E-state index in [0.29, 0.717) is 12.5 Å². The molecule has 1 heterocycles. The van der Waals surface area contributed by atoms with Crippen LogP contribution in [0.4, 0.5) is 4.79 Å². The van der Waals surface area contributed by atoms with E-state index in [-0.39, 0.29) is 12.1 Å². The van der Waals surface area contributed by atoms with Gasteiger partial charge in [-0.1, -0.05) is 32.0 Å². The van der Waals surface area contributed by atoms with Crippen LogP contribution >= 0.6 is 11.3 Å². The first-order chi connectivity index (χ1) is 11.1. The van der Waals surface area contributed by atoms with Crippen molar-refractivity contribution in [3.63, 3.8) is 0 Å². The molecule has 2 aromatic rings. The Kier molecular flexibility index (Phi) is 6.47. The molecule has 0 saturated heterocycles. The molecule has 0 bridgehead atoms. The Bertz CT molecular complexity index is 594. The number of ether oxygens (including phenoxy) is 1. The molecule has 0 aliphatic heterocycles. The molecule has 1 atom stereocenters. The Morgan fingerprint density at radius 2 is 1.96 bits per heavy atom. The molecule has 0 fully saturated rings. The van der Waals surface area contributed by atoms with Gasteiger partial charge in [-0.05, 0) is 41.5 Å². The van der Waals surface area contributed by atoms with Crippen LogP contribution in [-0.2, 0) is 6.42 Å². The maximum atomic E-state index is 12.1. The van der Waals surface area contributed by atoms with E-state index in [4.69, 9.17) is 4.74 Å². The summed E-state index contributed by atoms with van der Waals surface area (Å²) in [6, 6.07) is 11.8. The van der Waals surface area contributed by atoms with Crippen molar-refractivity contribution >= 4 is 17.4 Å². The van der Waals surface area contributed by atoms with Crippen LogP contribution in [0, 0.1) is 5.92 Å². The van der Waals surface area contributed by atoms with E-state index >= 15 is 0 Å². The van der Waals surface area contributed by atoms with E-state index in [1.165, 1.54) is 4.88 Å². The highest BCUT2D eigenvalue weighted by Gasteiger charge is 2.18. The second-order valence-corrected chi connectivity index (χ2v) is 6.76. The monoisotopic (exact) mass is 332 g/mol. The van der Waals surface area contributed by atoms with Gasteiger partial charge in [0.1, 0.15) is 5.75 Å². The third kappa shape index (κ3) is 5.28. The Labute approximate surface area is 141 Å². The molecule has 4 nitrogen and oxygen atoms in total. The molecule has 1 aromatic carbocycles. The van der Waals surface area contributed by atoms with Crippen molar-refractivity contribution in [3.8, 4) is 5.75 Å². The number of rotatable bonds is 7. The molecule has 23 heavy (non-hydrogen) atoms. The zero-order valence-electron chi connectivity index (χ0n) is 13.8. The average Bonchev–Trinajstić information content (AvgIpc) is 3.06. The number of carbonyl (C=O) groups excluding carboxylic acids is 1. The molecule has 0 aliphatic carbocycles. The first-order valence-electron chi connectivity index (χ1n) is 7.81. The summed E-state index contributed by atoms with van der Waals surface area (Å²) in [5.41, 5.74) is 1.08. The van der Waals surface area contributed by atoms with Gasteiger partial charge in [0.15, 0.2) is 0 Å². The van der Waals surface area contributed by atoms with Gasteiger partial charge in [-0.25, -0.2) is 4.79 Å². The summed E-state index contributed by atoms with van der Waals surface area (Å²) in [5.74, 6) is 1.11. The lowest BCUT2D eigenvalue weighted by Gasteiger charge is -2.23. The van der Waals surface area contributed by atoms with Crippen molar-refractivity contribution in [3.05, 3.63) is 52.2 Å². The molecule has 0 saturated carbocycles. The number of hydrogen-bond acceptors (Lipinski definition) is 3. The van der Waals surface area contributed by atoms with Crippen molar-refractivity contribution < 1.29 is 9.53 Å². The third-order valence-electron chi connectivity index (χ3n) is 3.67. The normalized spacial score (nSPS) is 12.0. The lowest BCUT2D eigenvalue weighted by molar-refractivity contribution is 0.233. The van der Waals surface area contributed by atoms with Crippen LogP contribution in [-0.4, -0.2) is 19.7 Å².